The van der Waals surface area contributed by atoms with Gasteiger partial charge in [0.15, 0.2) is 0 Å². The third-order valence-electron chi connectivity index (χ3n) is 2.78. The van der Waals surface area contributed by atoms with Gasteiger partial charge in [0, 0.05) is 11.8 Å². The molecule has 0 radical (unpaired) electrons. The molecule has 0 aliphatic carbocycles. The first kappa shape index (κ1) is 12.7. The van der Waals surface area contributed by atoms with Crippen LogP contribution >= 0.6 is 23.5 Å². The maximum absolute atomic E-state index is 3.68. The minimum absolute atomic E-state index is 0.807. The van der Waals surface area contributed by atoms with Gasteiger partial charge in [0.05, 0.1) is 0 Å². The molecule has 84 valence electrons. The molecule has 1 heterocycles. The van der Waals surface area contributed by atoms with E-state index in [9.17, 15) is 0 Å². The van der Waals surface area contributed by atoms with E-state index in [1.807, 2.05) is 11.8 Å². The summed E-state index contributed by atoms with van der Waals surface area (Å²) in [6, 6.07) is 0.807. The molecule has 1 saturated heterocycles. The lowest BCUT2D eigenvalue weighted by atomic mass is 9.98. The number of thioether (sulfide) groups is 2. The Kier molecular flexibility index (Phi) is 7.17. The summed E-state index contributed by atoms with van der Waals surface area (Å²) in [6.45, 7) is 3.45. The summed E-state index contributed by atoms with van der Waals surface area (Å²) in [4.78, 5) is 0. The molecule has 2 atom stereocenters. The van der Waals surface area contributed by atoms with E-state index in [0.29, 0.717) is 0 Å². The van der Waals surface area contributed by atoms with E-state index in [0.717, 1.165) is 12.0 Å². The summed E-state index contributed by atoms with van der Waals surface area (Å²) in [5.74, 6) is 5.00. The van der Waals surface area contributed by atoms with Crippen LogP contribution in [-0.4, -0.2) is 36.1 Å². The first-order valence-electron chi connectivity index (χ1n) is 5.68. The number of hydrogen-bond acceptors (Lipinski definition) is 3. The Balaban J connectivity index is 2.14. The normalized spacial score (nSPS) is 27.0. The fourth-order valence-electron chi connectivity index (χ4n) is 1.93. The molecule has 1 N–H and O–H groups in total. The zero-order valence-electron chi connectivity index (χ0n) is 9.42. The average molecular weight is 233 g/mol. The Morgan fingerprint density at radius 3 is 3.00 bits per heavy atom. The summed E-state index contributed by atoms with van der Waals surface area (Å²) in [7, 11) is 0. The third kappa shape index (κ3) is 4.45. The van der Waals surface area contributed by atoms with Crippen LogP contribution in [0.5, 0.6) is 0 Å². The molecular formula is C11H23NS2. The van der Waals surface area contributed by atoms with Crippen molar-refractivity contribution in [3.05, 3.63) is 0 Å². The molecule has 0 aromatic carbocycles. The van der Waals surface area contributed by atoms with Crippen LogP contribution in [0, 0.1) is 5.92 Å². The second-order valence-electron chi connectivity index (χ2n) is 3.99. The molecule has 0 saturated carbocycles. The van der Waals surface area contributed by atoms with Crippen molar-refractivity contribution < 1.29 is 0 Å². The quantitative estimate of drug-likeness (QED) is 0.679. The topological polar surface area (TPSA) is 12.0 Å². The third-order valence-corrected chi connectivity index (χ3v) is 4.73. The maximum atomic E-state index is 3.68. The molecule has 1 rings (SSSR count). The van der Waals surface area contributed by atoms with Gasteiger partial charge in [0.2, 0.25) is 0 Å². The Morgan fingerprint density at radius 2 is 2.29 bits per heavy atom. The van der Waals surface area contributed by atoms with Gasteiger partial charge in [0.25, 0.3) is 0 Å². The van der Waals surface area contributed by atoms with Crippen molar-refractivity contribution in [3.8, 4) is 0 Å². The molecule has 1 aliphatic heterocycles. The molecule has 3 heteroatoms. The first-order valence-corrected chi connectivity index (χ1v) is 8.23. The summed E-state index contributed by atoms with van der Waals surface area (Å²) in [5, 5.41) is 3.68. The van der Waals surface area contributed by atoms with E-state index in [1.165, 1.54) is 43.1 Å². The van der Waals surface area contributed by atoms with Gasteiger partial charge in [-0.05, 0) is 49.5 Å². The van der Waals surface area contributed by atoms with E-state index in [2.05, 4.69) is 30.3 Å². The highest BCUT2D eigenvalue weighted by Gasteiger charge is 2.26. The number of hydrogen-bond donors (Lipinski definition) is 1. The van der Waals surface area contributed by atoms with Gasteiger partial charge < -0.3 is 5.32 Å². The van der Waals surface area contributed by atoms with Gasteiger partial charge >= 0.3 is 0 Å². The fraction of sp³-hybridized carbons (Fsp3) is 1.00. The predicted molar refractivity (Wildman–Crippen MR) is 70.5 cm³/mol. The first-order chi connectivity index (χ1) is 6.88. The van der Waals surface area contributed by atoms with Gasteiger partial charge in [-0.3, -0.25) is 0 Å². The van der Waals surface area contributed by atoms with Crippen LogP contribution in [0.3, 0.4) is 0 Å². The molecular weight excluding hydrogens is 210 g/mol. The molecule has 0 amide bonds. The Hall–Kier alpha value is 0.660. The predicted octanol–water partition coefficient (Wildman–Crippen LogP) is 2.86. The Labute approximate surface area is 97.2 Å². The zero-order valence-corrected chi connectivity index (χ0v) is 11.1. The molecule has 0 aromatic rings. The van der Waals surface area contributed by atoms with E-state index in [4.69, 9.17) is 0 Å². The van der Waals surface area contributed by atoms with Crippen LogP contribution in [-0.2, 0) is 0 Å². The smallest absolute Gasteiger partial charge is 0.0194 e. The van der Waals surface area contributed by atoms with Gasteiger partial charge in [-0.15, -0.1) is 0 Å². The highest BCUT2D eigenvalue weighted by atomic mass is 32.2. The lowest BCUT2D eigenvalue weighted by Gasteiger charge is -2.19. The van der Waals surface area contributed by atoms with Crippen LogP contribution in [0.4, 0.5) is 0 Å². The van der Waals surface area contributed by atoms with Crippen molar-refractivity contribution in [3.63, 3.8) is 0 Å². The van der Waals surface area contributed by atoms with Crippen molar-refractivity contribution in [1.29, 1.82) is 0 Å². The van der Waals surface area contributed by atoms with E-state index < -0.39 is 0 Å². The molecule has 1 fully saturated rings. The summed E-state index contributed by atoms with van der Waals surface area (Å²) >= 11 is 4.11. The van der Waals surface area contributed by atoms with Crippen molar-refractivity contribution in [1.82, 2.24) is 5.32 Å². The highest BCUT2D eigenvalue weighted by Crippen LogP contribution is 2.28. The molecule has 0 aromatic heterocycles. The minimum Gasteiger partial charge on any atom is -0.313 e. The monoisotopic (exact) mass is 233 g/mol. The molecule has 2 unspecified atom stereocenters. The maximum Gasteiger partial charge on any atom is 0.0194 e. The molecule has 0 bridgehead atoms. The average Bonchev–Trinajstić information content (AvgIpc) is 2.63. The largest absolute Gasteiger partial charge is 0.313 e. The molecule has 1 aliphatic rings. The van der Waals surface area contributed by atoms with Crippen LogP contribution in [0.15, 0.2) is 0 Å². The van der Waals surface area contributed by atoms with Crippen LogP contribution in [0.1, 0.15) is 26.2 Å². The van der Waals surface area contributed by atoms with Crippen molar-refractivity contribution in [2.24, 2.45) is 5.92 Å². The lowest BCUT2D eigenvalue weighted by Crippen LogP contribution is -2.35. The van der Waals surface area contributed by atoms with E-state index in [1.54, 1.807) is 0 Å². The zero-order chi connectivity index (χ0) is 10.2. The van der Waals surface area contributed by atoms with Crippen molar-refractivity contribution in [2.75, 3.05) is 30.1 Å². The number of rotatable bonds is 7. The Bertz CT molecular complexity index is 141. The highest BCUT2D eigenvalue weighted by molar-refractivity contribution is 7.99. The van der Waals surface area contributed by atoms with E-state index in [-0.39, 0.29) is 0 Å². The van der Waals surface area contributed by atoms with E-state index >= 15 is 0 Å². The van der Waals surface area contributed by atoms with Gasteiger partial charge in [0.1, 0.15) is 0 Å². The molecule has 0 spiro atoms. The summed E-state index contributed by atoms with van der Waals surface area (Å²) in [6.07, 6.45) is 6.29. The SMILES string of the molecule is CCCNC1CSCC1CCCSC. The Morgan fingerprint density at radius 1 is 1.43 bits per heavy atom. The van der Waals surface area contributed by atoms with Crippen LogP contribution < -0.4 is 5.32 Å². The molecule has 14 heavy (non-hydrogen) atoms. The van der Waals surface area contributed by atoms with Crippen LogP contribution in [0.25, 0.3) is 0 Å². The van der Waals surface area contributed by atoms with Gasteiger partial charge in [-0.2, -0.15) is 23.5 Å². The number of nitrogens with one attached hydrogen (secondary N) is 1. The molecule has 1 nitrogen and oxygen atoms in total. The van der Waals surface area contributed by atoms with Crippen molar-refractivity contribution >= 4 is 23.5 Å². The van der Waals surface area contributed by atoms with Crippen LogP contribution in [0.2, 0.25) is 0 Å². The van der Waals surface area contributed by atoms with Gasteiger partial charge in [-0.1, -0.05) is 6.92 Å². The standard InChI is InChI=1S/C11H23NS2/c1-3-6-12-11-9-14-8-10(11)5-4-7-13-2/h10-12H,3-9H2,1-2H3. The van der Waals surface area contributed by atoms with Crippen molar-refractivity contribution in [2.45, 2.75) is 32.2 Å². The van der Waals surface area contributed by atoms with Gasteiger partial charge in [-0.25, -0.2) is 0 Å². The summed E-state index contributed by atoms with van der Waals surface area (Å²) in [5.41, 5.74) is 0. The lowest BCUT2D eigenvalue weighted by molar-refractivity contribution is 0.403. The second kappa shape index (κ2) is 7.89. The summed E-state index contributed by atoms with van der Waals surface area (Å²) < 4.78 is 0. The minimum atomic E-state index is 0.807. The fourth-order valence-corrected chi connectivity index (χ4v) is 3.87. The second-order valence-corrected chi connectivity index (χ2v) is 6.05.